The van der Waals surface area contributed by atoms with Gasteiger partial charge in [-0.25, -0.2) is 8.42 Å². The molecule has 0 bridgehead atoms. The Hall–Kier alpha value is -1.42. The number of sulfonamides is 1. The molecule has 2 atom stereocenters. The first-order valence-electron chi connectivity index (χ1n) is 6.85. The molecule has 2 unspecified atom stereocenters. The molecule has 1 aliphatic heterocycles. The number of hydrogen-bond acceptors (Lipinski definition) is 6. The van der Waals surface area contributed by atoms with Gasteiger partial charge in [0.05, 0.1) is 18.1 Å². The second-order valence-electron chi connectivity index (χ2n) is 5.35. The van der Waals surface area contributed by atoms with Crippen molar-refractivity contribution < 1.29 is 18.1 Å². The van der Waals surface area contributed by atoms with Crippen LogP contribution in [-0.4, -0.2) is 43.9 Å². The number of nitro groups is 1. The molecule has 0 spiro atoms. The lowest BCUT2D eigenvalue weighted by Gasteiger charge is -2.22. The summed E-state index contributed by atoms with van der Waals surface area (Å²) in [6, 6.07) is 3.33. The molecule has 2 rings (SSSR count). The third-order valence-electron chi connectivity index (χ3n) is 3.88. The minimum absolute atomic E-state index is 0. The number of rotatable bonds is 5. The van der Waals surface area contributed by atoms with Crippen LogP contribution in [0.4, 0.5) is 5.69 Å². The highest BCUT2D eigenvalue weighted by molar-refractivity contribution is 7.89. The highest BCUT2D eigenvalue weighted by Gasteiger charge is 2.38. The number of non-ortho nitro benzene ring substituents is 1. The van der Waals surface area contributed by atoms with Gasteiger partial charge in [-0.05, 0) is 31.9 Å². The van der Waals surface area contributed by atoms with Crippen LogP contribution in [0.25, 0.3) is 0 Å². The quantitative estimate of drug-likeness (QED) is 0.622. The van der Waals surface area contributed by atoms with Crippen molar-refractivity contribution >= 4 is 28.1 Å². The Balaban J connectivity index is 0.00000264. The van der Waals surface area contributed by atoms with Crippen molar-refractivity contribution in [3.63, 3.8) is 0 Å². The lowest BCUT2D eigenvalue weighted by molar-refractivity contribution is -0.385. The summed E-state index contributed by atoms with van der Waals surface area (Å²) < 4.78 is 32.0. The predicted molar refractivity (Wildman–Crippen MR) is 87.4 cm³/mol. The fraction of sp³-hybridized carbons (Fsp3) is 0.538. The second kappa shape index (κ2) is 7.43. The average Bonchev–Trinajstić information content (AvgIpc) is 2.88. The predicted octanol–water partition coefficient (Wildman–Crippen LogP) is 1.38. The number of hydrogen-bond donors (Lipinski definition) is 1. The van der Waals surface area contributed by atoms with Crippen molar-refractivity contribution in [3.8, 4) is 5.75 Å². The number of benzene rings is 1. The van der Waals surface area contributed by atoms with Crippen LogP contribution in [0.1, 0.15) is 13.3 Å². The van der Waals surface area contributed by atoms with Crippen LogP contribution in [0.2, 0.25) is 0 Å². The molecular weight excluding hydrogens is 346 g/mol. The molecule has 8 nitrogen and oxygen atoms in total. The molecule has 1 aliphatic rings. The lowest BCUT2D eigenvalue weighted by Crippen LogP contribution is -2.34. The van der Waals surface area contributed by atoms with E-state index in [1.165, 1.54) is 17.5 Å². The van der Waals surface area contributed by atoms with Crippen molar-refractivity contribution in [1.29, 1.82) is 0 Å². The molecule has 1 aromatic carbocycles. The van der Waals surface area contributed by atoms with E-state index in [4.69, 9.17) is 10.5 Å². The van der Waals surface area contributed by atoms with E-state index in [2.05, 4.69) is 0 Å². The number of methoxy groups -OCH3 is 1. The number of halogens is 1. The Labute approximate surface area is 141 Å². The fourth-order valence-electron chi connectivity index (χ4n) is 2.72. The highest BCUT2D eigenvalue weighted by atomic mass is 35.5. The highest BCUT2D eigenvalue weighted by Crippen LogP contribution is 2.34. The minimum atomic E-state index is -3.79. The zero-order chi connectivity index (χ0) is 16.5. The molecule has 23 heavy (non-hydrogen) atoms. The standard InChI is InChI=1S/C13H19N3O5S.ClH/c1-9-5-10(7-14)8-15(9)22(19,20)13-4-3-11(16(17)18)6-12(13)21-2;/h3-4,6,9-10H,5,7-8,14H2,1-2H3;1H. The second-order valence-corrected chi connectivity index (χ2v) is 7.21. The first-order valence-corrected chi connectivity index (χ1v) is 8.29. The Kier molecular flexibility index (Phi) is 6.34. The molecule has 130 valence electrons. The molecule has 0 aliphatic carbocycles. The van der Waals surface area contributed by atoms with E-state index in [9.17, 15) is 18.5 Å². The molecule has 0 radical (unpaired) electrons. The lowest BCUT2D eigenvalue weighted by atomic mass is 10.1. The first kappa shape index (κ1) is 19.6. The van der Waals surface area contributed by atoms with Crippen LogP contribution in [0, 0.1) is 16.0 Å². The van der Waals surface area contributed by atoms with E-state index in [-0.39, 0.29) is 40.7 Å². The Bertz CT molecular complexity index is 682. The molecule has 2 N–H and O–H groups in total. The number of nitro benzene ring substituents is 1. The summed E-state index contributed by atoms with van der Waals surface area (Å²) in [5, 5.41) is 10.8. The Morgan fingerprint density at radius 3 is 2.61 bits per heavy atom. The first-order chi connectivity index (χ1) is 10.3. The third-order valence-corrected chi connectivity index (χ3v) is 5.90. The molecule has 0 aromatic heterocycles. The molecule has 1 heterocycles. The van der Waals surface area contributed by atoms with Crippen molar-refractivity contribution in [2.75, 3.05) is 20.2 Å². The van der Waals surface area contributed by atoms with Gasteiger partial charge >= 0.3 is 0 Å². The molecule has 0 amide bonds. The van der Waals surface area contributed by atoms with Gasteiger partial charge in [0.25, 0.3) is 5.69 Å². The van der Waals surface area contributed by atoms with Crippen molar-refractivity contribution in [1.82, 2.24) is 4.31 Å². The van der Waals surface area contributed by atoms with Crippen LogP contribution in [0.5, 0.6) is 5.75 Å². The summed E-state index contributed by atoms with van der Waals surface area (Å²) in [4.78, 5) is 10.1. The molecule has 1 aromatic rings. The van der Waals surface area contributed by atoms with Gasteiger partial charge in [0, 0.05) is 18.7 Å². The summed E-state index contributed by atoms with van der Waals surface area (Å²) >= 11 is 0. The van der Waals surface area contributed by atoms with Crippen LogP contribution in [-0.2, 0) is 10.0 Å². The van der Waals surface area contributed by atoms with Gasteiger partial charge in [-0.15, -0.1) is 12.4 Å². The molecular formula is C13H20ClN3O5S. The van der Waals surface area contributed by atoms with Crippen LogP contribution in [0.15, 0.2) is 23.1 Å². The number of ether oxygens (including phenoxy) is 1. The van der Waals surface area contributed by atoms with Crippen molar-refractivity contribution in [2.24, 2.45) is 11.7 Å². The SMILES string of the molecule is COc1cc([N+](=O)[O-])ccc1S(=O)(=O)N1CC(CN)CC1C.Cl. The van der Waals surface area contributed by atoms with Gasteiger partial charge in [-0.3, -0.25) is 10.1 Å². The van der Waals surface area contributed by atoms with Crippen LogP contribution >= 0.6 is 12.4 Å². The van der Waals surface area contributed by atoms with Gasteiger partial charge in [0.15, 0.2) is 0 Å². The Morgan fingerprint density at radius 2 is 2.13 bits per heavy atom. The summed E-state index contributed by atoms with van der Waals surface area (Å²) in [6.07, 6.45) is 0.699. The van der Waals surface area contributed by atoms with Crippen molar-refractivity contribution in [3.05, 3.63) is 28.3 Å². The topological polar surface area (TPSA) is 116 Å². The van der Waals surface area contributed by atoms with Gasteiger partial charge in [0.1, 0.15) is 10.6 Å². The largest absolute Gasteiger partial charge is 0.495 e. The van der Waals surface area contributed by atoms with Crippen molar-refractivity contribution in [2.45, 2.75) is 24.3 Å². The maximum Gasteiger partial charge on any atom is 0.273 e. The van der Waals surface area contributed by atoms with Crippen LogP contribution < -0.4 is 10.5 Å². The molecule has 1 fully saturated rings. The van der Waals surface area contributed by atoms with E-state index in [1.807, 2.05) is 6.92 Å². The normalized spacial score (nSPS) is 21.7. The molecule has 1 saturated heterocycles. The average molecular weight is 366 g/mol. The van der Waals surface area contributed by atoms with E-state index in [0.29, 0.717) is 19.5 Å². The number of nitrogens with zero attached hydrogens (tertiary/aromatic N) is 2. The zero-order valence-electron chi connectivity index (χ0n) is 12.8. The Morgan fingerprint density at radius 1 is 1.48 bits per heavy atom. The van der Waals surface area contributed by atoms with Gasteiger partial charge in [0.2, 0.25) is 10.0 Å². The summed E-state index contributed by atoms with van der Waals surface area (Å²) in [5.74, 6) is 0.0893. The van der Waals surface area contributed by atoms with Crippen LogP contribution in [0.3, 0.4) is 0 Å². The van der Waals surface area contributed by atoms with E-state index in [0.717, 1.165) is 12.1 Å². The van der Waals surface area contributed by atoms with Gasteiger partial charge in [-0.2, -0.15) is 4.31 Å². The third kappa shape index (κ3) is 3.74. The maximum absolute atomic E-state index is 12.8. The summed E-state index contributed by atoms with van der Waals surface area (Å²) in [5.41, 5.74) is 5.41. The molecule has 10 heteroatoms. The summed E-state index contributed by atoms with van der Waals surface area (Å²) in [6.45, 7) is 2.60. The molecule has 0 saturated carbocycles. The van der Waals surface area contributed by atoms with E-state index in [1.54, 1.807) is 0 Å². The van der Waals surface area contributed by atoms with Gasteiger partial charge in [-0.1, -0.05) is 0 Å². The maximum atomic E-state index is 12.8. The fourth-order valence-corrected chi connectivity index (χ4v) is 4.58. The number of nitrogens with two attached hydrogens (primary N) is 1. The van der Waals surface area contributed by atoms with E-state index < -0.39 is 14.9 Å². The monoisotopic (exact) mass is 365 g/mol. The minimum Gasteiger partial charge on any atom is -0.495 e. The smallest absolute Gasteiger partial charge is 0.273 e. The summed E-state index contributed by atoms with van der Waals surface area (Å²) in [7, 11) is -2.50. The van der Waals surface area contributed by atoms with E-state index >= 15 is 0 Å². The zero-order valence-corrected chi connectivity index (χ0v) is 14.5. The van der Waals surface area contributed by atoms with Gasteiger partial charge < -0.3 is 10.5 Å².